The number of aromatic nitrogens is 2. The molecule has 1 aliphatic heterocycles. The van der Waals surface area contributed by atoms with Crippen LogP contribution in [0.25, 0.3) is 0 Å². The summed E-state index contributed by atoms with van der Waals surface area (Å²) in [4.78, 5) is 24.0. The van der Waals surface area contributed by atoms with E-state index in [4.69, 9.17) is 21.3 Å². The summed E-state index contributed by atoms with van der Waals surface area (Å²) < 4.78 is 5.38. The molecule has 7 heteroatoms. The van der Waals surface area contributed by atoms with Gasteiger partial charge in [-0.2, -0.15) is 0 Å². The van der Waals surface area contributed by atoms with Crippen LogP contribution in [0, 0.1) is 5.92 Å². The number of rotatable bonds is 3. The van der Waals surface area contributed by atoms with Gasteiger partial charge in [0, 0.05) is 41.6 Å². The number of nitrogens with one attached hydrogen (secondary N) is 1. The van der Waals surface area contributed by atoms with E-state index >= 15 is 0 Å². The van der Waals surface area contributed by atoms with Crippen LogP contribution in [0.4, 0.5) is 11.6 Å². The van der Waals surface area contributed by atoms with Gasteiger partial charge in [0.2, 0.25) is 11.9 Å². The number of ether oxygens (including phenoxy) is 1. The molecule has 1 aromatic carbocycles. The van der Waals surface area contributed by atoms with Crippen molar-refractivity contribution >= 4 is 29.1 Å². The molecule has 1 amide bonds. The van der Waals surface area contributed by atoms with Crippen molar-refractivity contribution in [2.45, 2.75) is 19.3 Å². The minimum atomic E-state index is -0.0701. The molecule has 2 heterocycles. The number of carbonyl (C=O) groups is 1. The lowest BCUT2D eigenvalue weighted by molar-refractivity contribution is -0.120. The van der Waals surface area contributed by atoms with E-state index in [0.29, 0.717) is 24.7 Å². The predicted molar refractivity (Wildman–Crippen MR) is 101 cm³/mol. The van der Waals surface area contributed by atoms with Crippen LogP contribution in [0.5, 0.6) is 0 Å². The number of hydrogen-bond donors (Lipinski definition) is 1. The fraction of sp³-hybridized carbons (Fsp3) is 0.421. The first-order valence-electron chi connectivity index (χ1n) is 8.93. The molecule has 0 bridgehead atoms. The first kappa shape index (κ1) is 17.2. The predicted octanol–water partition coefficient (Wildman–Crippen LogP) is 2.71. The van der Waals surface area contributed by atoms with Crippen LogP contribution in [0.15, 0.2) is 30.5 Å². The van der Waals surface area contributed by atoms with Crippen molar-refractivity contribution in [1.29, 1.82) is 0 Å². The topological polar surface area (TPSA) is 67.4 Å². The summed E-state index contributed by atoms with van der Waals surface area (Å²) in [5, 5.41) is 3.57. The first-order chi connectivity index (χ1) is 12.7. The number of anilines is 2. The third kappa shape index (κ3) is 3.81. The molecule has 2 aromatic rings. The highest BCUT2D eigenvalue weighted by Gasteiger charge is 2.27. The van der Waals surface area contributed by atoms with Crippen LogP contribution in [0.1, 0.15) is 17.7 Å². The second-order valence-electron chi connectivity index (χ2n) is 6.68. The van der Waals surface area contributed by atoms with Gasteiger partial charge in [-0.15, -0.1) is 0 Å². The van der Waals surface area contributed by atoms with Crippen LogP contribution < -0.4 is 10.2 Å². The largest absolute Gasteiger partial charge is 0.378 e. The molecule has 2 aliphatic rings. The van der Waals surface area contributed by atoms with E-state index in [-0.39, 0.29) is 11.8 Å². The lowest BCUT2D eigenvalue weighted by atomic mass is 9.86. The van der Waals surface area contributed by atoms with Gasteiger partial charge >= 0.3 is 0 Å². The SMILES string of the molecule is O=C(Nc1cccc(Cl)c1)[C@H]1CCc2nc(N3CCOCC3)ncc2C1. The second-order valence-corrected chi connectivity index (χ2v) is 7.12. The van der Waals surface area contributed by atoms with E-state index in [1.807, 2.05) is 18.3 Å². The van der Waals surface area contributed by atoms with Crippen LogP contribution in [0.3, 0.4) is 0 Å². The lowest BCUT2D eigenvalue weighted by Gasteiger charge is -2.28. The quantitative estimate of drug-likeness (QED) is 0.897. The number of amides is 1. The summed E-state index contributed by atoms with van der Waals surface area (Å²) in [7, 11) is 0. The first-order valence-corrected chi connectivity index (χ1v) is 9.31. The Morgan fingerprint density at radius 3 is 2.96 bits per heavy atom. The molecule has 1 N–H and O–H groups in total. The van der Waals surface area contributed by atoms with E-state index in [0.717, 1.165) is 48.8 Å². The van der Waals surface area contributed by atoms with Crippen LogP contribution in [-0.4, -0.2) is 42.2 Å². The minimum absolute atomic E-state index is 0.0233. The van der Waals surface area contributed by atoms with Crippen molar-refractivity contribution in [1.82, 2.24) is 9.97 Å². The molecule has 1 saturated heterocycles. The highest BCUT2D eigenvalue weighted by molar-refractivity contribution is 6.30. The van der Waals surface area contributed by atoms with Gasteiger partial charge in [-0.05, 0) is 43.0 Å². The molecule has 4 rings (SSSR count). The van der Waals surface area contributed by atoms with Crippen molar-refractivity contribution in [2.75, 3.05) is 36.5 Å². The molecule has 1 aromatic heterocycles. The van der Waals surface area contributed by atoms with E-state index in [9.17, 15) is 4.79 Å². The zero-order valence-electron chi connectivity index (χ0n) is 14.4. The Labute approximate surface area is 157 Å². The molecule has 1 fully saturated rings. The Balaban J connectivity index is 1.43. The Bertz CT molecular complexity index is 808. The van der Waals surface area contributed by atoms with E-state index in [1.54, 1.807) is 12.1 Å². The Morgan fingerprint density at radius 1 is 1.31 bits per heavy atom. The second kappa shape index (κ2) is 7.60. The van der Waals surface area contributed by atoms with Crippen LogP contribution in [0.2, 0.25) is 5.02 Å². The third-order valence-electron chi connectivity index (χ3n) is 4.89. The maximum Gasteiger partial charge on any atom is 0.227 e. The molecule has 1 aliphatic carbocycles. The summed E-state index contributed by atoms with van der Waals surface area (Å²) in [5.41, 5.74) is 2.86. The Kier molecular flexibility index (Phi) is 5.04. The number of benzene rings is 1. The summed E-state index contributed by atoms with van der Waals surface area (Å²) in [6.45, 7) is 3.07. The molecule has 1 atom stereocenters. The molecule has 6 nitrogen and oxygen atoms in total. The number of halogens is 1. The Hall–Kier alpha value is -2.18. The highest BCUT2D eigenvalue weighted by Crippen LogP contribution is 2.27. The van der Waals surface area contributed by atoms with Gasteiger partial charge in [-0.1, -0.05) is 17.7 Å². The van der Waals surface area contributed by atoms with E-state index < -0.39 is 0 Å². The van der Waals surface area contributed by atoms with Crippen molar-refractivity contribution in [3.63, 3.8) is 0 Å². The normalized spacial score (nSPS) is 19.7. The number of nitrogens with zero attached hydrogens (tertiary/aromatic N) is 3. The van der Waals surface area contributed by atoms with Crippen molar-refractivity contribution < 1.29 is 9.53 Å². The van der Waals surface area contributed by atoms with Gasteiger partial charge in [-0.3, -0.25) is 4.79 Å². The molecule has 26 heavy (non-hydrogen) atoms. The van der Waals surface area contributed by atoms with Gasteiger partial charge in [0.1, 0.15) is 0 Å². The minimum Gasteiger partial charge on any atom is -0.378 e. The average molecular weight is 373 g/mol. The number of aryl methyl sites for hydroxylation is 1. The number of carbonyl (C=O) groups excluding carboxylic acids is 1. The number of morpholine rings is 1. The molecular formula is C19H21ClN4O2. The maximum atomic E-state index is 12.6. The fourth-order valence-corrected chi connectivity index (χ4v) is 3.64. The average Bonchev–Trinajstić information content (AvgIpc) is 2.68. The summed E-state index contributed by atoms with van der Waals surface area (Å²) in [5.74, 6) is 0.725. The standard InChI is InChI=1S/C19H21ClN4O2/c20-15-2-1-3-16(11-15)22-18(25)13-4-5-17-14(10-13)12-21-19(23-17)24-6-8-26-9-7-24/h1-3,11-13H,4-10H2,(H,22,25)/t13-/m0/s1. The monoisotopic (exact) mass is 372 g/mol. The summed E-state index contributed by atoms with van der Waals surface area (Å²) >= 11 is 5.98. The molecule has 136 valence electrons. The van der Waals surface area contributed by atoms with Crippen molar-refractivity contribution in [3.05, 3.63) is 46.7 Å². The number of hydrogen-bond acceptors (Lipinski definition) is 5. The molecule has 0 spiro atoms. The highest BCUT2D eigenvalue weighted by atomic mass is 35.5. The van der Waals surface area contributed by atoms with E-state index in [1.165, 1.54) is 0 Å². The van der Waals surface area contributed by atoms with Crippen LogP contribution >= 0.6 is 11.6 Å². The van der Waals surface area contributed by atoms with Crippen molar-refractivity contribution in [3.8, 4) is 0 Å². The molecular weight excluding hydrogens is 352 g/mol. The van der Waals surface area contributed by atoms with E-state index in [2.05, 4.69) is 15.2 Å². The number of fused-ring (bicyclic) bond motifs is 1. The zero-order chi connectivity index (χ0) is 17.9. The smallest absolute Gasteiger partial charge is 0.227 e. The zero-order valence-corrected chi connectivity index (χ0v) is 15.2. The maximum absolute atomic E-state index is 12.6. The lowest BCUT2D eigenvalue weighted by Crippen LogP contribution is -2.38. The summed E-state index contributed by atoms with van der Waals surface area (Å²) in [6, 6.07) is 7.22. The molecule has 0 saturated carbocycles. The van der Waals surface area contributed by atoms with Gasteiger partial charge in [-0.25, -0.2) is 9.97 Å². The van der Waals surface area contributed by atoms with Gasteiger partial charge in [0.05, 0.1) is 13.2 Å². The fourth-order valence-electron chi connectivity index (χ4n) is 3.45. The van der Waals surface area contributed by atoms with Gasteiger partial charge in [0.15, 0.2) is 0 Å². The van der Waals surface area contributed by atoms with Crippen molar-refractivity contribution in [2.24, 2.45) is 5.92 Å². The molecule has 0 unspecified atom stereocenters. The van der Waals surface area contributed by atoms with Crippen LogP contribution in [-0.2, 0) is 22.4 Å². The Morgan fingerprint density at radius 2 is 2.15 bits per heavy atom. The molecule has 0 radical (unpaired) electrons. The van der Waals surface area contributed by atoms with Gasteiger partial charge in [0.25, 0.3) is 0 Å². The summed E-state index contributed by atoms with van der Waals surface area (Å²) in [6.07, 6.45) is 4.14. The third-order valence-corrected chi connectivity index (χ3v) is 5.13. The van der Waals surface area contributed by atoms with Gasteiger partial charge < -0.3 is 15.0 Å².